The predicted molar refractivity (Wildman–Crippen MR) is 176 cm³/mol. The smallest absolute Gasteiger partial charge is 0.254 e. The summed E-state index contributed by atoms with van der Waals surface area (Å²) in [5, 5.41) is 10.0. The third-order valence-electron chi connectivity index (χ3n) is 8.56. The van der Waals surface area contributed by atoms with Crippen LogP contribution in [0.15, 0.2) is 96.6 Å². The molecule has 0 spiro atoms. The Morgan fingerprint density at radius 2 is 1.80 bits per heavy atom. The summed E-state index contributed by atoms with van der Waals surface area (Å²) >= 11 is 6.49. The Kier molecular flexibility index (Phi) is 7.47. The van der Waals surface area contributed by atoms with Gasteiger partial charge in [0.25, 0.3) is 5.56 Å². The third kappa shape index (κ3) is 5.40. The van der Waals surface area contributed by atoms with Crippen LogP contribution in [0.4, 0.5) is 5.69 Å². The maximum Gasteiger partial charge on any atom is 0.254 e. The fourth-order valence-corrected chi connectivity index (χ4v) is 6.37. The van der Waals surface area contributed by atoms with Crippen LogP contribution < -0.4 is 10.9 Å². The maximum atomic E-state index is 13.9. The van der Waals surface area contributed by atoms with Crippen molar-refractivity contribution in [1.29, 1.82) is 0 Å². The molecule has 2 bridgehead atoms. The van der Waals surface area contributed by atoms with Gasteiger partial charge in [-0.1, -0.05) is 49.2 Å². The third-order valence-corrected chi connectivity index (χ3v) is 8.79. The lowest BCUT2D eigenvalue weighted by Gasteiger charge is -2.22. The number of benzene rings is 2. The highest BCUT2D eigenvalue weighted by molar-refractivity contribution is 6.31. The monoisotopic (exact) mass is 615 g/mol. The zero-order valence-electron chi connectivity index (χ0n) is 24.8. The number of aromatic nitrogens is 6. The Labute approximate surface area is 264 Å². The van der Waals surface area contributed by atoms with E-state index in [0.717, 1.165) is 44.4 Å². The van der Waals surface area contributed by atoms with Crippen LogP contribution in [-0.4, -0.2) is 35.2 Å². The molecule has 1 aliphatic rings. The van der Waals surface area contributed by atoms with Crippen molar-refractivity contribution in [3.05, 3.63) is 113 Å². The summed E-state index contributed by atoms with van der Waals surface area (Å²) in [7, 11) is 1.84. The summed E-state index contributed by atoms with van der Waals surface area (Å²) in [6, 6.07) is 18.7. The number of hydrogen-bond acceptors (Lipinski definition) is 6. The number of pyridine rings is 2. The van der Waals surface area contributed by atoms with E-state index in [0.29, 0.717) is 35.7 Å². The Hall–Kier alpha value is -5.15. The molecule has 1 N–H and O–H groups in total. The van der Waals surface area contributed by atoms with Crippen LogP contribution in [0.3, 0.4) is 0 Å². The summed E-state index contributed by atoms with van der Waals surface area (Å²) in [6.45, 7) is 1.92. The van der Waals surface area contributed by atoms with E-state index in [1.807, 2.05) is 68.7 Å². The zero-order valence-corrected chi connectivity index (χ0v) is 25.6. The van der Waals surface area contributed by atoms with Crippen LogP contribution in [0.1, 0.15) is 37.9 Å². The average molecular weight is 616 g/mol. The van der Waals surface area contributed by atoms with Crippen LogP contribution in [0.25, 0.3) is 44.4 Å². The molecule has 2 aromatic carbocycles. The van der Waals surface area contributed by atoms with Gasteiger partial charge in [-0.25, -0.2) is 4.98 Å². The number of carbonyl (C=O) groups is 1. The van der Waals surface area contributed by atoms with Crippen LogP contribution >= 0.6 is 11.6 Å². The van der Waals surface area contributed by atoms with Crippen molar-refractivity contribution >= 4 is 34.0 Å². The van der Waals surface area contributed by atoms with Crippen LogP contribution in [0, 0.1) is 5.92 Å². The number of amides is 1. The van der Waals surface area contributed by atoms with E-state index < -0.39 is 0 Å². The van der Waals surface area contributed by atoms with E-state index in [9.17, 15) is 9.59 Å². The largest absolute Gasteiger partial charge is 0.323 e. The van der Waals surface area contributed by atoms with E-state index in [1.165, 1.54) is 0 Å². The molecule has 0 saturated carbocycles. The van der Waals surface area contributed by atoms with Crippen molar-refractivity contribution in [3.63, 3.8) is 0 Å². The highest BCUT2D eigenvalue weighted by Gasteiger charge is 2.24. The lowest BCUT2D eigenvalue weighted by Crippen LogP contribution is -2.27. The number of halogens is 1. The van der Waals surface area contributed by atoms with Crippen molar-refractivity contribution in [2.75, 3.05) is 5.32 Å². The minimum absolute atomic E-state index is 0.0568. The van der Waals surface area contributed by atoms with Gasteiger partial charge in [-0.05, 0) is 59.7 Å². The highest BCUT2D eigenvalue weighted by Crippen LogP contribution is 2.37. The summed E-state index contributed by atoms with van der Waals surface area (Å²) in [6.07, 6.45) is 10.6. The van der Waals surface area contributed by atoms with Crippen LogP contribution in [0.5, 0.6) is 0 Å². The molecule has 0 aliphatic carbocycles. The number of hydrogen-bond donors (Lipinski definition) is 1. The topological polar surface area (TPSA) is 108 Å². The average Bonchev–Trinajstić information content (AvgIpc) is 3.42. The Morgan fingerprint density at radius 1 is 0.911 bits per heavy atom. The molecular formula is C35H30ClN7O2. The Bertz CT molecular complexity index is 2130. The molecule has 7 rings (SSSR count). The number of rotatable bonds is 3. The number of carbonyl (C=O) groups excluding carboxylic acids is 1. The summed E-state index contributed by atoms with van der Waals surface area (Å²) < 4.78 is 3.38. The highest BCUT2D eigenvalue weighted by atomic mass is 35.5. The van der Waals surface area contributed by atoms with Gasteiger partial charge in [-0.3, -0.25) is 28.8 Å². The summed E-state index contributed by atoms with van der Waals surface area (Å²) in [5.41, 5.74) is 6.01. The van der Waals surface area contributed by atoms with Gasteiger partial charge in [0.15, 0.2) is 0 Å². The first-order chi connectivity index (χ1) is 21.9. The fraction of sp³-hybridized carbons (Fsp3) is 0.200. The second-order valence-electron chi connectivity index (χ2n) is 11.4. The van der Waals surface area contributed by atoms with Gasteiger partial charge in [0.1, 0.15) is 0 Å². The van der Waals surface area contributed by atoms with E-state index in [1.54, 1.807) is 40.2 Å². The van der Waals surface area contributed by atoms with Gasteiger partial charge in [0, 0.05) is 59.2 Å². The van der Waals surface area contributed by atoms with Crippen molar-refractivity contribution in [2.24, 2.45) is 13.0 Å². The molecule has 5 heterocycles. The first kappa shape index (κ1) is 28.6. The molecule has 0 saturated heterocycles. The fourth-order valence-electron chi connectivity index (χ4n) is 6.20. The van der Waals surface area contributed by atoms with Gasteiger partial charge >= 0.3 is 0 Å². The quantitative estimate of drug-likeness (QED) is 0.231. The van der Waals surface area contributed by atoms with Crippen molar-refractivity contribution < 1.29 is 4.79 Å². The number of nitrogens with zero attached hydrogens (tertiary/aromatic N) is 6. The molecule has 9 nitrogen and oxygen atoms in total. The second kappa shape index (κ2) is 11.7. The molecule has 10 heteroatoms. The molecule has 0 fully saturated rings. The molecule has 45 heavy (non-hydrogen) atoms. The van der Waals surface area contributed by atoms with Gasteiger partial charge in [-0.2, -0.15) is 5.10 Å². The SMILES string of the molecule is C[C@@H]1CCC[C@H](n2cnc(-c3cc(Cl)ccc3-c3cccc4cnccc34)cc2=O)c2cc(ccn2)-c2c(cnn2C)NC1=O. The first-order valence-electron chi connectivity index (χ1n) is 14.9. The lowest BCUT2D eigenvalue weighted by atomic mass is 9.94. The predicted octanol–water partition coefficient (Wildman–Crippen LogP) is 6.92. The Balaban J connectivity index is 1.33. The molecule has 4 aromatic heterocycles. The molecular weight excluding hydrogens is 586 g/mol. The molecule has 0 radical (unpaired) electrons. The normalized spacial score (nSPS) is 16.8. The van der Waals surface area contributed by atoms with Crippen molar-refractivity contribution in [1.82, 2.24) is 29.3 Å². The minimum atomic E-state index is -0.380. The zero-order chi connectivity index (χ0) is 31.1. The molecule has 6 aromatic rings. The molecule has 1 amide bonds. The molecule has 1 aliphatic heterocycles. The molecule has 0 unspecified atom stereocenters. The second-order valence-corrected chi connectivity index (χ2v) is 11.9. The van der Waals surface area contributed by atoms with Gasteiger partial charge in [0.2, 0.25) is 5.91 Å². The van der Waals surface area contributed by atoms with Crippen molar-refractivity contribution in [2.45, 2.75) is 32.2 Å². The van der Waals surface area contributed by atoms with Crippen LogP contribution in [0.2, 0.25) is 5.02 Å². The van der Waals surface area contributed by atoms with Gasteiger partial charge in [0.05, 0.1) is 41.3 Å². The van der Waals surface area contributed by atoms with Crippen molar-refractivity contribution in [3.8, 4) is 33.6 Å². The van der Waals surface area contributed by atoms with Crippen LogP contribution in [-0.2, 0) is 11.8 Å². The lowest BCUT2D eigenvalue weighted by molar-refractivity contribution is -0.119. The standard InChI is InChI=1S/C35H30ClN7O2/c1-21-5-3-8-32(30-15-22(11-14-38-30)34-31(41-35(21)45)19-40-42(34)2)43-20-39-29(17-33(43)44)28-16-24(36)9-10-27(28)26-7-4-6-23-18-37-13-12-25(23)26/h4,6-7,9-21,32H,3,5,8H2,1-2H3,(H,41,45)/t21-,32+/m1/s1. The summed E-state index contributed by atoms with van der Waals surface area (Å²) in [4.78, 5) is 40.7. The van der Waals surface area contributed by atoms with E-state index in [2.05, 4.69) is 21.5 Å². The maximum absolute atomic E-state index is 13.9. The number of nitrogens with one attached hydrogen (secondary N) is 1. The number of fused-ring (bicyclic) bond motifs is 5. The van der Waals surface area contributed by atoms with Gasteiger partial charge in [-0.15, -0.1) is 0 Å². The van der Waals surface area contributed by atoms with E-state index in [4.69, 9.17) is 21.6 Å². The first-order valence-corrected chi connectivity index (χ1v) is 15.3. The minimum Gasteiger partial charge on any atom is -0.323 e. The molecule has 2 atom stereocenters. The molecule has 224 valence electrons. The van der Waals surface area contributed by atoms with E-state index >= 15 is 0 Å². The van der Waals surface area contributed by atoms with E-state index in [-0.39, 0.29) is 23.4 Å². The summed E-state index contributed by atoms with van der Waals surface area (Å²) in [5.74, 6) is -0.272. The number of anilines is 1. The number of aryl methyl sites for hydroxylation is 1. The Morgan fingerprint density at radius 3 is 2.67 bits per heavy atom. The van der Waals surface area contributed by atoms with Gasteiger partial charge < -0.3 is 5.32 Å².